The van der Waals surface area contributed by atoms with Crippen molar-refractivity contribution in [3.05, 3.63) is 24.0 Å². The topological polar surface area (TPSA) is 66.9 Å². The van der Waals surface area contributed by atoms with Crippen LogP contribution in [0.15, 0.2) is 18.3 Å². The third-order valence-corrected chi connectivity index (χ3v) is 2.24. The summed E-state index contributed by atoms with van der Waals surface area (Å²) in [5.74, 6) is -0.0417. The summed E-state index contributed by atoms with van der Waals surface area (Å²) in [6.45, 7) is 6.83. The van der Waals surface area contributed by atoms with Gasteiger partial charge in [0.25, 0.3) is 0 Å². The molecule has 5 nitrogen and oxygen atoms in total. The van der Waals surface area contributed by atoms with Crippen molar-refractivity contribution in [3.63, 3.8) is 0 Å². The van der Waals surface area contributed by atoms with E-state index < -0.39 is 5.54 Å². The van der Waals surface area contributed by atoms with Crippen LogP contribution >= 0.6 is 0 Å². The highest BCUT2D eigenvalue weighted by Crippen LogP contribution is 2.02. The maximum Gasteiger partial charge on any atom is 0.240 e. The van der Waals surface area contributed by atoms with Gasteiger partial charge in [-0.1, -0.05) is 6.92 Å². The third kappa shape index (κ3) is 3.58. The predicted octanol–water partition coefficient (Wildman–Crippen LogP) is 0.481. The first-order valence-corrected chi connectivity index (χ1v) is 5.36. The molecule has 0 unspecified atom stereocenters. The van der Waals surface area contributed by atoms with Crippen molar-refractivity contribution in [2.75, 3.05) is 6.54 Å². The molecule has 0 aliphatic heterocycles. The summed E-state index contributed by atoms with van der Waals surface area (Å²) < 4.78 is 0. The second kappa shape index (κ2) is 5.55. The van der Waals surface area contributed by atoms with Gasteiger partial charge in [-0.05, 0) is 32.5 Å². The SMILES string of the molecule is CCNC(C)(C)C(=O)NCc1cccnn1. The van der Waals surface area contributed by atoms with E-state index in [0.29, 0.717) is 6.54 Å². The number of aromatic nitrogens is 2. The average Bonchev–Trinajstić information content (AvgIpc) is 2.27. The fourth-order valence-corrected chi connectivity index (χ4v) is 1.34. The Kier molecular flexibility index (Phi) is 4.37. The van der Waals surface area contributed by atoms with Crippen LogP contribution in [0.3, 0.4) is 0 Å². The molecule has 2 N–H and O–H groups in total. The molecule has 0 aliphatic carbocycles. The number of carbonyl (C=O) groups is 1. The van der Waals surface area contributed by atoms with Gasteiger partial charge in [0.2, 0.25) is 5.91 Å². The Morgan fingerprint density at radius 2 is 2.25 bits per heavy atom. The number of amides is 1. The number of hydrogen-bond acceptors (Lipinski definition) is 4. The van der Waals surface area contributed by atoms with Crippen molar-refractivity contribution >= 4 is 5.91 Å². The smallest absolute Gasteiger partial charge is 0.240 e. The van der Waals surface area contributed by atoms with E-state index in [2.05, 4.69) is 20.8 Å². The Hall–Kier alpha value is -1.49. The minimum Gasteiger partial charge on any atom is -0.349 e. The fourth-order valence-electron chi connectivity index (χ4n) is 1.34. The van der Waals surface area contributed by atoms with Gasteiger partial charge in [-0.3, -0.25) is 4.79 Å². The van der Waals surface area contributed by atoms with E-state index >= 15 is 0 Å². The molecule has 0 bridgehead atoms. The van der Waals surface area contributed by atoms with Gasteiger partial charge < -0.3 is 10.6 Å². The summed E-state index contributed by atoms with van der Waals surface area (Å²) >= 11 is 0. The number of nitrogens with zero attached hydrogens (tertiary/aromatic N) is 2. The van der Waals surface area contributed by atoms with Gasteiger partial charge in [-0.2, -0.15) is 10.2 Å². The van der Waals surface area contributed by atoms with Crippen molar-refractivity contribution in [1.29, 1.82) is 0 Å². The molecule has 0 saturated carbocycles. The number of hydrogen-bond donors (Lipinski definition) is 2. The van der Waals surface area contributed by atoms with Crippen molar-refractivity contribution < 1.29 is 4.79 Å². The largest absolute Gasteiger partial charge is 0.349 e. The maximum atomic E-state index is 11.8. The average molecular weight is 222 g/mol. The summed E-state index contributed by atoms with van der Waals surface area (Å²) in [5, 5.41) is 13.6. The molecule has 1 amide bonds. The van der Waals surface area contributed by atoms with Gasteiger partial charge >= 0.3 is 0 Å². The molecule has 1 aromatic heterocycles. The molecule has 1 aromatic rings. The molecule has 0 radical (unpaired) electrons. The van der Waals surface area contributed by atoms with E-state index in [1.807, 2.05) is 26.8 Å². The van der Waals surface area contributed by atoms with Crippen molar-refractivity contribution in [2.24, 2.45) is 0 Å². The van der Waals surface area contributed by atoms with Gasteiger partial charge in [-0.25, -0.2) is 0 Å². The van der Waals surface area contributed by atoms with Crippen molar-refractivity contribution in [1.82, 2.24) is 20.8 Å². The standard InChI is InChI=1S/C11H18N4O/c1-4-13-11(2,3)10(16)12-8-9-6-5-7-14-15-9/h5-7,13H,4,8H2,1-3H3,(H,12,16). The molecule has 0 saturated heterocycles. The molecule has 1 heterocycles. The van der Waals surface area contributed by atoms with E-state index in [9.17, 15) is 4.79 Å². The van der Waals surface area contributed by atoms with Crippen LogP contribution in [0.5, 0.6) is 0 Å². The van der Waals surface area contributed by atoms with Crippen LogP contribution in [-0.4, -0.2) is 28.2 Å². The highest BCUT2D eigenvalue weighted by atomic mass is 16.2. The molecular weight excluding hydrogens is 204 g/mol. The quantitative estimate of drug-likeness (QED) is 0.760. The van der Waals surface area contributed by atoms with Crippen LogP contribution in [0.2, 0.25) is 0 Å². The number of nitrogens with one attached hydrogen (secondary N) is 2. The summed E-state index contributed by atoms with van der Waals surface area (Å²) in [6.07, 6.45) is 1.61. The minimum absolute atomic E-state index is 0.0417. The molecule has 1 rings (SSSR count). The van der Waals surface area contributed by atoms with Crippen LogP contribution in [0.4, 0.5) is 0 Å². The van der Waals surface area contributed by atoms with Gasteiger partial charge in [-0.15, -0.1) is 0 Å². The third-order valence-electron chi connectivity index (χ3n) is 2.24. The number of rotatable bonds is 5. The Morgan fingerprint density at radius 1 is 1.50 bits per heavy atom. The molecule has 0 aliphatic rings. The van der Waals surface area contributed by atoms with Crippen molar-refractivity contribution in [2.45, 2.75) is 32.9 Å². The zero-order valence-electron chi connectivity index (χ0n) is 9.95. The van der Waals surface area contributed by atoms with E-state index in [0.717, 1.165) is 12.2 Å². The first kappa shape index (κ1) is 12.6. The lowest BCUT2D eigenvalue weighted by atomic mass is 10.0. The zero-order valence-corrected chi connectivity index (χ0v) is 9.95. The van der Waals surface area contributed by atoms with E-state index in [1.54, 1.807) is 12.3 Å². The Morgan fingerprint density at radius 3 is 2.81 bits per heavy atom. The Balaban J connectivity index is 2.47. The van der Waals surface area contributed by atoms with Crippen LogP contribution in [0, 0.1) is 0 Å². The molecule has 88 valence electrons. The molecule has 0 atom stereocenters. The van der Waals surface area contributed by atoms with Crippen LogP contribution in [0.25, 0.3) is 0 Å². The van der Waals surface area contributed by atoms with Crippen LogP contribution in [-0.2, 0) is 11.3 Å². The lowest BCUT2D eigenvalue weighted by Crippen LogP contribution is -2.52. The lowest BCUT2D eigenvalue weighted by molar-refractivity contribution is -0.126. The second-order valence-electron chi connectivity index (χ2n) is 4.05. The van der Waals surface area contributed by atoms with Crippen LogP contribution in [0.1, 0.15) is 26.5 Å². The Labute approximate surface area is 95.7 Å². The van der Waals surface area contributed by atoms with Gasteiger partial charge in [0.15, 0.2) is 0 Å². The zero-order chi connectivity index (χ0) is 12.0. The predicted molar refractivity (Wildman–Crippen MR) is 61.6 cm³/mol. The summed E-state index contributed by atoms with van der Waals surface area (Å²) in [6, 6.07) is 3.62. The van der Waals surface area contributed by atoms with E-state index in [4.69, 9.17) is 0 Å². The molecule has 0 spiro atoms. The summed E-state index contributed by atoms with van der Waals surface area (Å²) in [5.41, 5.74) is 0.194. The first-order valence-electron chi connectivity index (χ1n) is 5.36. The molecule has 5 heteroatoms. The second-order valence-corrected chi connectivity index (χ2v) is 4.05. The highest BCUT2D eigenvalue weighted by molar-refractivity contribution is 5.85. The maximum absolute atomic E-state index is 11.8. The highest BCUT2D eigenvalue weighted by Gasteiger charge is 2.25. The van der Waals surface area contributed by atoms with E-state index in [1.165, 1.54) is 0 Å². The van der Waals surface area contributed by atoms with Crippen LogP contribution < -0.4 is 10.6 Å². The lowest BCUT2D eigenvalue weighted by Gasteiger charge is -2.24. The van der Waals surface area contributed by atoms with Gasteiger partial charge in [0.05, 0.1) is 17.8 Å². The molecule has 0 fully saturated rings. The number of carbonyl (C=O) groups excluding carboxylic acids is 1. The Bertz CT molecular complexity index is 337. The fraction of sp³-hybridized carbons (Fsp3) is 0.545. The van der Waals surface area contributed by atoms with Gasteiger partial charge in [0, 0.05) is 6.20 Å². The molecule has 0 aromatic carbocycles. The minimum atomic E-state index is -0.559. The first-order chi connectivity index (χ1) is 7.56. The van der Waals surface area contributed by atoms with Crippen molar-refractivity contribution in [3.8, 4) is 0 Å². The summed E-state index contributed by atoms with van der Waals surface area (Å²) in [4.78, 5) is 11.8. The van der Waals surface area contributed by atoms with Gasteiger partial charge in [0.1, 0.15) is 0 Å². The van der Waals surface area contributed by atoms with E-state index in [-0.39, 0.29) is 5.91 Å². The number of likely N-dealkylation sites (N-methyl/N-ethyl adjacent to an activating group) is 1. The monoisotopic (exact) mass is 222 g/mol. The molecular formula is C11H18N4O. The summed E-state index contributed by atoms with van der Waals surface area (Å²) in [7, 11) is 0. The molecule has 16 heavy (non-hydrogen) atoms. The normalized spacial score (nSPS) is 11.2.